The van der Waals surface area contributed by atoms with Gasteiger partial charge in [0.2, 0.25) is 5.62 Å². The maximum atomic E-state index is 6.42. The molecule has 2 atom stereocenters. The average Bonchev–Trinajstić information content (AvgIpc) is 3.15. The Hall–Kier alpha value is -2.87. The van der Waals surface area contributed by atoms with E-state index >= 15 is 0 Å². The molecule has 1 fully saturated rings. The van der Waals surface area contributed by atoms with Crippen LogP contribution in [0.4, 0.5) is 17.2 Å². The molecule has 1 saturated carbocycles. The van der Waals surface area contributed by atoms with E-state index in [1.165, 1.54) is 6.42 Å². The van der Waals surface area contributed by atoms with Crippen LogP contribution in [-0.4, -0.2) is 31.8 Å². The fourth-order valence-corrected chi connectivity index (χ4v) is 4.34. The molecule has 8 heteroatoms. The summed E-state index contributed by atoms with van der Waals surface area (Å²) in [7, 11) is 0. The molecule has 8 nitrogen and oxygen atoms in total. The van der Waals surface area contributed by atoms with Crippen LogP contribution in [0.2, 0.25) is 0 Å². The van der Waals surface area contributed by atoms with Crippen LogP contribution in [0.1, 0.15) is 71.0 Å². The van der Waals surface area contributed by atoms with Gasteiger partial charge in [0.05, 0.1) is 17.3 Å². The van der Waals surface area contributed by atoms with E-state index in [-0.39, 0.29) is 24.0 Å². The molecule has 0 saturated heterocycles. The summed E-state index contributed by atoms with van der Waals surface area (Å²) in [5.74, 6) is 0.950. The van der Waals surface area contributed by atoms with Crippen molar-refractivity contribution in [3.63, 3.8) is 0 Å². The van der Waals surface area contributed by atoms with E-state index in [4.69, 9.17) is 21.4 Å². The number of hydrogen-bond donors (Lipinski definition) is 4. The summed E-state index contributed by atoms with van der Waals surface area (Å²) < 4.78 is 2.19. The molecule has 1 aliphatic carbocycles. The maximum Gasteiger partial charge on any atom is 0.227 e. The summed E-state index contributed by atoms with van der Waals surface area (Å²) in [4.78, 5) is 10.0. The first-order valence-electron chi connectivity index (χ1n) is 11.3. The van der Waals surface area contributed by atoms with Gasteiger partial charge in [-0.2, -0.15) is 10.1 Å². The van der Waals surface area contributed by atoms with Crippen molar-refractivity contribution in [3.05, 3.63) is 35.6 Å². The number of rotatable bonds is 5. The van der Waals surface area contributed by atoms with E-state index in [9.17, 15) is 0 Å². The second-order valence-electron chi connectivity index (χ2n) is 9.11. The molecule has 2 heterocycles. The Kier molecular flexibility index (Phi) is 6.00. The van der Waals surface area contributed by atoms with Crippen molar-refractivity contribution in [1.82, 2.24) is 19.7 Å². The van der Waals surface area contributed by atoms with Crippen molar-refractivity contribution in [2.75, 3.05) is 11.1 Å². The highest BCUT2D eigenvalue weighted by atomic mass is 15.2. The standard InChI is InChI=1S/C23H34N8/c1-13(2)19-21-20(30-29-19)22(26-16-9-7-8-15(24)12-16)28-23(31(21)14(3)4)27-18-11-6-5-10-17(18)25/h7-9,12-14,17-18H,5-6,10-11,24-25H2,1-4H3,(H,29,30)(H,26,27,28). The molecule has 4 rings (SSSR count). The molecule has 166 valence electrons. The van der Waals surface area contributed by atoms with E-state index in [1.54, 1.807) is 0 Å². The molecular weight excluding hydrogens is 388 g/mol. The Bertz CT molecular complexity index is 1120. The van der Waals surface area contributed by atoms with Crippen molar-refractivity contribution < 1.29 is 0 Å². The monoisotopic (exact) mass is 422 g/mol. The first-order valence-corrected chi connectivity index (χ1v) is 11.3. The van der Waals surface area contributed by atoms with Crippen LogP contribution < -0.4 is 22.4 Å². The molecule has 0 radical (unpaired) electrons. The molecule has 2 aromatic heterocycles. The van der Waals surface area contributed by atoms with E-state index in [1.807, 2.05) is 24.3 Å². The number of anilines is 3. The number of fused-ring (bicyclic) bond motifs is 1. The van der Waals surface area contributed by atoms with E-state index in [0.29, 0.717) is 17.1 Å². The highest BCUT2D eigenvalue weighted by Crippen LogP contribution is 2.29. The van der Waals surface area contributed by atoms with Crippen molar-refractivity contribution in [1.29, 1.82) is 0 Å². The molecule has 3 aromatic rings. The second kappa shape index (κ2) is 8.70. The third-order valence-corrected chi connectivity index (χ3v) is 5.97. The van der Waals surface area contributed by atoms with Gasteiger partial charge in [0, 0.05) is 23.5 Å². The predicted octanol–water partition coefficient (Wildman–Crippen LogP) is 3.96. The van der Waals surface area contributed by atoms with Crippen molar-refractivity contribution in [2.24, 2.45) is 10.7 Å². The molecule has 1 aromatic carbocycles. The number of nitrogens with two attached hydrogens (primary N) is 2. The van der Waals surface area contributed by atoms with Gasteiger partial charge in [-0.25, -0.2) is 4.99 Å². The Morgan fingerprint density at radius 3 is 2.65 bits per heavy atom. The second-order valence-corrected chi connectivity index (χ2v) is 9.11. The van der Waals surface area contributed by atoms with Gasteiger partial charge in [-0.15, -0.1) is 0 Å². The van der Waals surface area contributed by atoms with Crippen molar-refractivity contribution in [3.8, 4) is 0 Å². The lowest BCUT2D eigenvalue weighted by Gasteiger charge is -2.25. The summed E-state index contributed by atoms with van der Waals surface area (Å²) in [6, 6.07) is 7.97. The predicted molar refractivity (Wildman–Crippen MR) is 126 cm³/mol. The SMILES string of the molecule is CC(C)c1[nH]nc2c(Nc3cccc(N)c3)nc(=NC3CCCCC3N)n(C(C)C)c12. The number of benzene rings is 1. The number of nitrogens with zero attached hydrogens (tertiary/aromatic N) is 4. The smallest absolute Gasteiger partial charge is 0.227 e. The number of nitrogens with one attached hydrogen (secondary N) is 2. The highest BCUT2D eigenvalue weighted by Gasteiger charge is 2.24. The van der Waals surface area contributed by atoms with Crippen molar-refractivity contribution in [2.45, 2.75) is 77.4 Å². The van der Waals surface area contributed by atoms with E-state index < -0.39 is 0 Å². The lowest BCUT2D eigenvalue weighted by Crippen LogP contribution is -2.39. The minimum atomic E-state index is 0.0751. The average molecular weight is 423 g/mol. The number of H-pyrrole nitrogens is 1. The summed E-state index contributed by atoms with van der Waals surface area (Å²) in [6.45, 7) is 8.64. The third-order valence-electron chi connectivity index (χ3n) is 5.97. The van der Waals surface area contributed by atoms with Crippen LogP contribution in [0.3, 0.4) is 0 Å². The lowest BCUT2D eigenvalue weighted by molar-refractivity contribution is 0.375. The topological polar surface area (TPSA) is 123 Å². The zero-order valence-electron chi connectivity index (χ0n) is 18.9. The molecule has 31 heavy (non-hydrogen) atoms. The van der Waals surface area contributed by atoms with E-state index in [0.717, 1.165) is 41.7 Å². The van der Waals surface area contributed by atoms with Gasteiger partial charge in [-0.3, -0.25) is 5.10 Å². The lowest BCUT2D eigenvalue weighted by atomic mass is 9.91. The van der Waals surface area contributed by atoms with Crippen LogP contribution in [-0.2, 0) is 0 Å². The Balaban J connectivity index is 1.96. The molecule has 1 aliphatic rings. The fraction of sp³-hybridized carbons (Fsp3) is 0.522. The normalized spacial score (nSPS) is 20.2. The number of aromatic nitrogens is 4. The largest absolute Gasteiger partial charge is 0.399 e. The Morgan fingerprint density at radius 1 is 1.19 bits per heavy atom. The molecule has 0 aliphatic heterocycles. The maximum absolute atomic E-state index is 6.42. The van der Waals surface area contributed by atoms with E-state index in [2.05, 4.69) is 47.8 Å². The van der Waals surface area contributed by atoms with Gasteiger partial charge in [-0.1, -0.05) is 32.8 Å². The van der Waals surface area contributed by atoms with Gasteiger partial charge < -0.3 is 21.4 Å². The van der Waals surface area contributed by atoms with Gasteiger partial charge >= 0.3 is 0 Å². The zero-order valence-corrected chi connectivity index (χ0v) is 18.9. The summed E-state index contributed by atoms with van der Waals surface area (Å²) in [5, 5.41) is 11.3. The van der Waals surface area contributed by atoms with Crippen molar-refractivity contribution >= 4 is 28.2 Å². The quantitative estimate of drug-likeness (QED) is 0.464. The van der Waals surface area contributed by atoms with Crippen LogP contribution in [0.15, 0.2) is 29.3 Å². The minimum absolute atomic E-state index is 0.0751. The summed E-state index contributed by atoms with van der Waals surface area (Å²) in [5.41, 5.74) is 17.6. The van der Waals surface area contributed by atoms with Crippen LogP contribution in [0.25, 0.3) is 11.0 Å². The van der Waals surface area contributed by atoms with Gasteiger partial charge in [-0.05, 0) is 50.8 Å². The fourth-order valence-electron chi connectivity index (χ4n) is 4.34. The van der Waals surface area contributed by atoms with Gasteiger partial charge in [0.25, 0.3) is 0 Å². The van der Waals surface area contributed by atoms with Crippen LogP contribution >= 0.6 is 0 Å². The third kappa shape index (κ3) is 4.30. The van der Waals surface area contributed by atoms with Crippen LogP contribution in [0, 0.1) is 0 Å². The molecule has 0 spiro atoms. The first kappa shape index (κ1) is 21.4. The number of aromatic amines is 1. The Morgan fingerprint density at radius 2 is 1.97 bits per heavy atom. The molecule has 0 amide bonds. The Labute approximate surface area is 183 Å². The summed E-state index contributed by atoms with van der Waals surface area (Å²) in [6.07, 6.45) is 4.34. The van der Waals surface area contributed by atoms with Gasteiger partial charge in [0.1, 0.15) is 0 Å². The molecule has 0 bridgehead atoms. The molecule has 6 N–H and O–H groups in total. The first-order chi connectivity index (χ1) is 14.8. The highest BCUT2D eigenvalue weighted by molar-refractivity contribution is 5.89. The molecule has 2 unspecified atom stereocenters. The number of nitrogen functional groups attached to an aromatic ring is 1. The van der Waals surface area contributed by atoms with Crippen LogP contribution in [0.5, 0.6) is 0 Å². The summed E-state index contributed by atoms with van der Waals surface area (Å²) >= 11 is 0. The minimum Gasteiger partial charge on any atom is -0.399 e. The number of hydrogen-bond acceptors (Lipinski definition) is 6. The van der Waals surface area contributed by atoms with Gasteiger partial charge in [0.15, 0.2) is 11.3 Å². The molecular formula is C23H34N8. The zero-order chi connectivity index (χ0) is 22.1.